The van der Waals surface area contributed by atoms with Gasteiger partial charge in [-0.05, 0) is 0 Å². The molecule has 4 heteroatoms. The highest BCUT2D eigenvalue weighted by Gasteiger charge is 2.43. The predicted octanol–water partition coefficient (Wildman–Crippen LogP) is 13.7. The van der Waals surface area contributed by atoms with Gasteiger partial charge in [0.15, 0.2) is 0 Å². The molecule has 0 saturated heterocycles. The molecular weight excluding hydrogens is 557 g/mol. The Hall–Kier alpha value is -0.903. The molecule has 1 rings (SSSR count). The molecule has 0 aromatic rings. The van der Waals surface area contributed by atoms with Crippen LogP contribution in [0, 0.1) is 0 Å². The van der Waals surface area contributed by atoms with E-state index in [0.717, 1.165) is 5.20 Å². The van der Waals surface area contributed by atoms with Crippen molar-refractivity contribution in [1.82, 2.24) is 0 Å². The summed E-state index contributed by atoms with van der Waals surface area (Å²) in [6.45, 7) is 6.86. The molecule has 0 aliphatic carbocycles. The Kier molecular flexibility index (Phi) is 27.6. The second-order valence-electron chi connectivity index (χ2n) is 14.3. The maximum absolute atomic E-state index is 13.0. The average molecular weight is 633 g/mol. The number of ether oxygens (including phenoxy) is 1. The summed E-state index contributed by atoms with van der Waals surface area (Å²) in [5, 5.41) is 0.852. The molecule has 0 atom stereocenters. The van der Waals surface area contributed by atoms with Crippen LogP contribution in [0.2, 0.25) is 18.1 Å². The minimum atomic E-state index is -2.07. The minimum absolute atomic E-state index is 0.284. The van der Waals surface area contributed by atoms with E-state index in [2.05, 4.69) is 20.8 Å². The fraction of sp³-hybridized carbons (Fsp3) is 0.900. The van der Waals surface area contributed by atoms with Gasteiger partial charge in [-0.25, -0.2) is 9.59 Å². The van der Waals surface area contributed by atoms with Gasteiger partial charge in [0.25, 0.3) is 0 Å². The summed E-state index contributed by atoms with van der Waals surface area (Å²) < 4.78 is 5.14. The van der Waals surface area contributed by atoms with Crippen LogP contribution in [0.5, 0.6) is 0 Å². The van der Waals surface area contributed by atoms with Crippen molar-refractivity contribution in [3.8, 4) is 0 Å². The first kappa shape index (κ1) is 41.1. The normalized spacial score (nSPS) is 13.6. The van der Waals surface area contributed by atoms with Gasteiger partial charge < -0.3 is 4.74 Å². The maximum Gasteiger partial charge on any atom is 0.338 e. The third kappa shape index (κ3) is 21.0. The summed E-state index contributed by atoms with van der Waals surface area (Å²) in [4.78, 5) is 25.2. The van der Waals surface area contributed by atoms with Crippen molar-refractivity contribution in [2.45, 2.75) is 232 Å². The number of rotatable bonds is 34. The Bertz CT molecular complexity index is 656. The van der Waals surface area contributed by atoms with Gasteiger partial charge in [-0.1, -0.05) is 232 Å². The third-order valence-electron chi connectivity index (χ3n) is 10.3. The highest BCUT2D eigenvalue weighted by Crippen LogP contribution is 2.38. The molecule has 258 valence electrons. The van der Waals surface area contributed by atoms with Gasteiger partial charge in [0, 0.05) is 11.3 Å². The number of esters is 2. The van der Waals surface area contributed by atoms with Crippen LogP contribution in [0.15, 0.2) is 11.3 Å². The minimum Gasteiger partial charge on any atom is -0.387 e. The fourth-order valence-corrected chi connectivity index (χ4v) is 12.6. The molecule has 0 unspecified atom stereocenters. The average Bonchev–Trinajstić information content (AvgIpc) is 3.37. The molecule has 3 nitrogen and oxygen atoms in total. The number of unbranched alkanes of at least 4 members (excludes halogenated alkanes) is 27. The van der Waals surface area contributed by atoms with Crippen molar-refractivity contribution in [2.75, 3.05) is 0 Å². The van der Waals surface area contributed by atoms with Crippen molar-refractivity contribution < 1.29 is 14.3 Å². The van der Waals surface area contributed by atoms with Gasteiger partial charge in [-0.15, -0.1) is 0 Å². The molecular formula is C40H76O3Si. The van der Waals surface area contributed by atoms with Crippen molar-refractivity contribution in [3.63, 3.8) is 0 Å². The standard InChI is InChI=1S/C40H76O3Si/c1-4-7-10-13-16-19-22-25-28-31-34-44(38-37-39(41)43-40(38)42,35-32-29-26-23-20-17-14-11-8-5-2)36-33-30-27-24-21-18-15-12-9-6-3/h37H,4-36H2,1-3H3. The van der Waals surface area contributed by atoms with Gasteiger partial charge in [0.05, 0.1) is 8.07 Å². The van der Waals surface area contributed by atoms with Crippen LogP contribution in [-0.4, -0.2) is 20.0 Å². The van der Waals surface area contributed by atoms with Gasteiger partial charge >= 0.3 is 11.9 Å². The molecule has 0 amide bonds. The van der Waals surface area contributed by atoms with Gasteiger partial charge in [0.2, 0.25) is 0 Å². The summed E-state index contributed by atoms with van der Waals surface area (Å²) >= 11 is 0. The lowest BCUT2D eigenvalue weighted by molar-refractivity contribution is -0.150. The Morgan fingerprint density at radius 1 is 0.409 bits per heavy atom. The number of carbonyl (C=O) groups excluding carboxylic acids is 2. The van der Waals surface area contributed by atoms with E-state index in [0.29, 0.717) is 0 Å². The molecule has 0 saturated carbocycles. The van der Waals surface area contributed by atoms with Gasteiger partial charge in [-0.3, -0.25) is 0 Å². The van der Waals surface area contributed by atoms with Crippen LogP contribution < -0.4 is 0 Å². The lowest BCUT2D eigenvalue weighted by Crippen LogP contribution is -2.39. The molecule has 1 heterocycles. The number of hydrogen-bond donors (Lipinski definition) is 0. The smallest absolute Gasteiger partial charge is 0.338 e. The van der Waals surface area contributed by atoms with Crippen LogP contribution in [-0.2, 0) is 14.3 Å². The largest absolute Gasteiger partial charge is 0.387 e. The first-order chi connectivity index (χ1) is 21.6. The molecule has 1 aliphatic heterocycles. The lowest BCUT2D eigenvalue weighted by Gasteiger charge is -2.32. The van der Waals surface area contributed by atoms with Crippen LogP contribution in [0.3, 0.4) is 0 Å². The molecule has 0 N–H and O–H groups in total. The SMILES string of the molecule is CCCCCCCCCCCC[Si](CCCCCCCCCCCC)(CCCCCCCCCCCC)C1=CC(=O)OC1=O. The first-order valence-electron chi connectivity index (χ1n) is 20.1. The lowest BCUT2D eigenvalue weighted by atomic mass is 10.1. The maximum atomic E-state index is 13.0. The molecule has 0 bridgehead atoms. The Labute approximate surface area is 276 Å². The van der Waals surface area contributed by atoms with E-state index in [1.54, 1.807) is 6.08 Å². The van der Waals surface area contributed by atoms with E-state index >= 15 is 0 Å². The van der Waals surface area contributed by atoms with Crippen molar-refractivity contribution in [1.29, 1.82) is 0 Å². The monoisotopic (exact) mass is 633 g/mol. The van der Waals surface area contributed by atoms with E-state index < -0.39 is 14.0 Å². The molecule has 1 aliphatic rings. The number of hydrogen-bond acceptors (Lipinski definition) is 3. The summed E-state index contributed by atoms with van der Waals surface area (Å²) in [5.74, 6) is -0.691. The van der Waals surface area contributed by atoms with E-state index in [-0.39, 0.29) is 5.97 Å². The fourth-order valence-electron chi connectivity index (χ4n) is 7.35. The predicted molar refractivity (Wildman–Crippen MR) is 195 cm³/mol. The second-order valence-corrected chi connectivity index (χ2v) is 18.9. The second kappa shape index (κ2) is 29.5. The van der Waals surface area contributed by atoms with E-state index in [9.17, 15) is 9.59 Å². The zero-order valence-electron chi connectivity index (χ0n) is 30.1. The molecule has 0 radical (unpaired) electrons. The van der Waals surface area contributed by atoms with E-state index in [4.69, 9.17) is 4.74 Å². The van der Waals surface area contributed by atoms with Crippen molar-refractivity contribution in [3.05, 3.63) is 11.3 Å². The highest BCUT2D eigenvalue weighted by atomic mass is 28.3. The van der Waals surface area contributed by atoms with Crippen LogP contribution in [0.1, 0.15) is 213 Å². The number of carbonyl (C=O) groups is 2. The summed E-state index contributed by atoms with van der Waals surface area (Å²) in [5.41, 5.74) is 0. The Balaban J connectivity index is 2.63. The quantitative estimate of drug-likeness (QED) is 0.0307. The first-order valence-corrected chi connectivity index (χ1v) is 22.7. The zero-order valence-corrected chi connectivity index (χ0v) is 31.1. The van der Waals surface area contributed by atoms with Crippen LogP contribution in [0.4, 0.5) is 0 Å². The van der Waals surface area contributed by atoms with E-state index in [1.807, 2.05) is 0 Å². The topological polar surface area (TPSA) is 43.4 Å². The summed E-state index contributed by atoms with van der Waals surface area (Å²) in [6, 6.07) is 3.52. The third-order valence-corrected chi connectivity index (χ3v) is 15.7. The molecule has 44 heavy (non-hydrogen) atoms. The molecule has 0 spiro atoms. The number of cyclic esters (lactones) is 2. The Morgan fingerprint density at radius 2 is 0.659 bits per heavy atom. The van der Waals surface area contributed by atoms with Crippen LogP contribution >= 0.6 is 0 Å². The van der Waals surface area contributed by atoms with Gasteiger partial charge in [-0.2, -0.15) is 0 Å². The Morgan fingerprint density at radius 3 is 0.886 bits per heavy atom. The van der Waals surface area contributed by atoms with Crippen molar-refractivity contribution >= 4 is 20.0 Å². The zero-order chi connectivity index (χ0) is 32.0. The summed E-state index contributed by atoms with van der Waals surface area (Å²) in [7, 11) is -2.07. The van der Waals surface area contributed by atoms with Crippen molar-refractivity contribution in [2.24, 2.45) is 0 Å². The summed E-state index contributed by atoms with van der Waals surface area (Å²) in [6.07, 6.45) is 41.8. The molecule has 0 fully saturated rings. The molecule has 0 aromatic heterocycles. The highest BCUT2D eigenvalue weighted by molar-refractivity contribution is 6.90. The van der Waals surface area contributed by atoms with Gasteiger partial charge in [0.1, 0.15) is 0 Å². The molecule has 0 aromatic carbocycles. The van der Waals surface area contributed by atoms with Crippen LogP contribution in [0.25, 0.3) is 0 Å². The van der Waals surface area contributed by atoms with E-state index in [1.165, 1.54) is 211 Å².